The molecule has 0 radical (unpaired) electrons. The molecule has 0 N–H and O–H groups in total. The Bertz CT molecular complexity index is 321. The molecule has 0 atom stereocenters. The Morgan fingerprint density at radius 1 is 1.27 bits per heavy atom. The molecule has 0 aliphatic carbocycles. The summed E-state index contributed by atoms with van der Waals surface area (Å²) >= 11 is 0. The fourth-order valence-corrected chi connectivity index (χ4v) is 1.16. The van der Waals surface area contributed by atoms with E-state index in [4.69, 9.17) is 14.2 Å². The van der Waals surface area contributed by atoms with E-state index in [-0.39, 0.29) is 6.79 Å². The van der Waals surface area contributed by atoms with Crippen molar-refractivity contribution >= 4 is 6.08 Å². The zero-order valence-corrected chi connectivity index (χ0v) is 9.16. The summed E-state index contributed by atoms with van der Waals surface area (Å²) in [5, 5.41) is 0. The average molecular weight is 208 g/mol. The van der Waals surface area contributed by atoms with Gasteiger partial charge in [-0.15, -0.1) is 0 Å². The number of benzene rings is 1. The van der Waals surface area contributed by atoms with Gasteiger partial charge in [0.25, 0.3) is 0 Å². The van der Waals surface area contributed by atoms with Gasteiger partial charge in [0, 0.05) is 7.11 Å². The van der Waals surface area contributed by atoms with E-state index in [1.54, 1.807) is 13.2 Å². The first-order valence-corrected chi connectivity index (χ1v) is 4.82. The minimum absolute atomic E-state index is 0.216. The highest BCUT2D eigenvalue weighted by Crippen LogP contribution is 2.28. The maximum atomic E-state index is 5.45. The highest BCUT2D eigenvalue weighted by molar-refractivity contribution is 5.54. The quantitative estimate of drug-likeness (QED) is 0.673. The summed E-state index contributed by atoms with van der Waals surface area (Å²) in [7, 11) is 1.58. The van der Waals surface area contributed by atoms with Gasteiger partial charge in [0.1, 0.15) is 0 Å². The largest absolute Gasteiger partial charge is 0.490 e. The van der Waals surface area contributed by atoms with Crippen LogP contribution in [-0.2, 0) is 4.74 Å². The Kier molecular flexibility index (Phi) is 4.71. The zero-order chi connectivity index (χ0) is 11.1. The van der Waals surface area contributed by atoms with Crippen LogP contribution in [0.5, 0.6) is 11.5 Å². The molecule has 15 heavy (non-hydrogen) atoms. The molecule has 3 nitrogen and oxygen atoms in total. The van der Waals surface area contributed by atoms with Crippen LogP contribution in [0.25, 0.3) is 6.08 Å². The lowest BCUT2D eigenvalue weighted by Crippen LogP contribution is -2.02. The third kappa shape index (κ3) is 3.29. The summed E-state index contributed by atoms with van der Waals surface area (Å²) in [6, 6.07) is 5.66. The van der Waals surface area contributed by atoms with Crippen LogP contribution in [0.2, 0.25) is 0 Å². The molecule has 82 valence electrons. The van der Waals surface area contributed by atoms with Crippen LogP contribution in [0.3, 0.4) is 0 Å². The van der Waals surface area contributed by atoms with Crippen LogP contribution >= 0.6 is 0 Å². The van der Waals surface area contributed by atoms with Gasteiger partial charge in [-0.05, 0) is 24.6 Å². The molecule has 0 aliphatic rings. The van der Waals surface area contributed by atoms with Crippen LogP contribution in [0.1, 0.15) is 12.5 Å². The second kappa shape index (κ2) is 6.09. The molecule has 0 amide bonds. The fourth-order valence-electron chi connectivity index (χ4n) is 1.16. The smallest absolute Gasteiger partial charge is 0.188 e. The molecule has 0 spiro atoms. The van der Waals surface area contributed by atoms with Gasteiger partial charge in [-0.3, -0.25) is 0 Å². The predicted molar refractivity (Wildman–Crippen MR) is 60.2 cm³/mol. The van der Waals surface area contributed by atoms with Crippen molar-refractivity contribution in [3.63, 3.8) is 0 Å². The second-order valence-electron chi connectivity index (χ2n) is 2.89. The molecule has 0 unspecified atom stereocenters. The van der Waals surface area contributed by atoms with Crippen molar-refractivity contribution in [1.29, 1.82) is 0 Å². The standard InChI is InChI=1S/C12H16O3/c1-4-10-6-7-11(15-9-13-3)12(8-10)14-5-2/h4,6-8H,1,5,9H2,2-3H3. The third-order valence-electron chi connectivity index (χ3n) is 1.84. The van der Waals surface area contributed by atoms with Crippen LogP contribution in [0.15, 0.2) is 24.8 Å². The van der Waals surface area contributed by atoms with Crippen molar-refractivity contribution in [2.45, 2.75) is 6.92 Å². The van der Waals surface area contributed by atoms with E-state index in [1.807, 2.05) is 25.1 Å². The maximum Gasteiger partial charge on any atom is 0.188 e. The van der Waals surface area contributed by atoms with Crippen LogP contribution in [0.4, 0.5) is 0 Å². The van der Waals surface area contributed by atoms with Crippen molar-refractivity contribution in [1.82, 2.24) is 0 Å². The number of ether oxygens (including phenoxy) is 3. The van der Waals surface area contributed by atoms with Crippen molar-refractivity contribution < 1.29 is 14.2 Å². The van der Waals surface area contributed by atoms with Gasteiger partial charge in [-0.2, -0.15) is 0 Å². The van der Waals surface area contributed by atoms with Gasteiger partial charge in [0.2, 0.25) is 0 Å². The van der Waals surface area contributed by atoms with Gasteiger partial charge in [-0.25, -0.2) is 0 Å². The highest BCUT2D eigenvalue weighted by atomic mass is 16.7. The van der Waals surface area contributed by atoms with Gasteiger partial charge < -0.3 is 14.2 Å². The monoisotopic (exact) mass is 208 g/mol. The topological polar surface area (TPSA) is 27.7 Å². The predicted octanol–water partition coefficient (Wildman–Crippen LogP) is 2.71. The molecule has 1 rings (SSSR count). The van der Waals surface area contributed by atoms with Gasteiger partial charge in [-0.1, -0.05) is 18.7 Å². The number of methoxy groups -OCH3 is 1. The highest BCUT2D eigenvalue weighted by Gasteiger charge is 2.04. The van der Waals surface area contributed by atoms with E-state index >= 15 is 0 Å². The molecule has 1 aromatic rings. The minimum atomic E-state index is 0.216. The van der Waals surface area contributed by atoms with Crippen molar-refractivity contribution in [2.75, 3.05) is 20.5 Å². The van der Waals surface area contributed by atoms with Crippen molar-refractivity contribution in [2.24, 2.45) is 0 Å². The first-order chi connectivity index (χ1) is 7.31. The normalized spacial score (nSPS) is 9.73. The summed E-state index contributed by atoms with van der Waals surface area (Å²) in [6.45, 7) is 6.45. The Labute approximate surface area is 90.3 Å². The van der Waals surface area contributed by atoms with Gasteiger partial charge in [0.15, 0.2) is 18.3 Å². The lowest BCUT2D eigenvalue weighted by atomic mass is 10.2. The third-order valence-corrected chi connectivity index (χ3v) is 1.84. The van der Waals surface area contributed by atoms with Gasteiger partial charge >= 0.3 is 0 Å². The molecular formula is C12H16O3. The van der Waals surface area contributed by atoms with Crippen molar-refractivity contribution in [3.8, 4) is 11.5 Å². The summed E-state index contributed by atoms with van der Waals surface area (Å²) < 4.78 is 15.6. The first kappa shape index (κ1) is 11.6. The van der Waals surface area contributed by atoms with Crippen molar-refractivity contribution in [3.05, 3.63) is 30.3 Å². The maximum absolute atomic E-state index is 5.45. The van der Waals surface area contributed by atoms with Crippen LogP contribution < -0.4 is 9.47 Å². The lowest BCUT2D eigenvalue weighted by molar-refractivity contribution is 0.0487. The van der Waals surface area contributed by atoms with Crippen LogP contribution in [-0.4, -0.2) is 20.5 Å². The number of hydrogen-bond acceptors (Lipinski definition) is 3. The molecule has 0 aromatic heterocycles. The molecular weight excluding hydrogens is 192 g/mol. The van der Waals surface area contributed by atoms with E-state index in [9.17, 15) is 0 Å². The number of rotatable bonds is 6. The van der Waals surface area contributed by atoms with E-state index < -0.39 is 0 Å². The lowest BCUT2D eigenvalue weighted by Gasteiger charge is -2.11. The summed E-state index contributed by atoms with van der Waals surface area (Å²) in [4.78, 5) is 0. The molecule has 0 fully saturated rings. The van der Waals surface area contributed by atoms with Crippen LogP contribution in [0, 0.1) is 0 Å². The Morgan fingerprint density at radius 3 is 2.67 bits per heavy atom. The average Bonchev–Trinajstić information content (AvgIpc) is 2.27. The summed E-state index contributed by atoms with van der Waals surface area (Å²) in [5.41, 5.74) is 1.00. The van der Waals surface area contributed by atoms with E-state index in [0.29, 0.717) is 18.1 Å². The fraction of sp³-hybridized carbons (Fsp3) is 0.333. The Hall–Kier alpha value is -1.48. The molecule has 0 bridgehead atoms. The number of hydrogen-bond donors (Lipinski definition) is 0. The molecule has 0 saturated carbocycles. The SMILES string of the molecule is C=Cc1ccc(OCOC)c(OCC)c1. The minimum Gasteiger partial charge on any atom is -0.490 e. The first-order valence-electron chi connectivity index (χ1n) is 4.82. The zero-order valence-electron chi connectivity index (χ0n) is 9.16. The molecule has 3 heteroatoms. The van der Waals surface area contributed by atoms with E-state index in [2.05, 4.69) is 6.58 Å². The van der Waals surface area contributed by atoms with E-state index in [0.717, 1.165) is 5.56 Å². The van der Waals surface area contributed by atoms with E-state index in [1.165, 1.54) is 0 Å². The summed E-state index contributed by atoms with van der Waals surface area (Å²) in [5.74, 6) is 1.40. The molecule has 1 aromatic carbocycles. The summed E-state index contributed by atoms with van der Waals surface area (Å²) in [6.07, 6.45) is 1.77. The molecule has 0 heterocycles. The second-order valence-corrected chi connectivity index (χ2v) is 2.89. The van der Waals surface area contributed by atoms with Gasteiger partial charge in [0.05, 0.1) is 6.61 Å². The molecule has 0 saturated heterocycles. The Balaban J connectivity index is 2.87. The Morgan fingerprint density at radius 2 is 2.07 bits per heavy atom. The molecule has 0 aliphatic heterocycles.